The molecule has 0 aliphatic rings. The van der Waals surface area contributed by atoms with Crippen LogP contribution < -0.4 is 0 Å². The molecule has 5 nitrogen and oxygen atoms in total. The summed E-state index contributed by atoms with van der Waals surface area (Å²) in [6.45, 7) is 2.22. The Morgan fingerprint density at radius 3 is 2.27 bits per heavy atom. The predicted molar refractivity (Wildman–Crippen MR) is 56.2 cm³/mol. The van der Waals surface area contributed by atoms with E-state index in [0.717, 1.165) is 0 Å². The van der Waals surface area contributed by atoms with Gasteiger partial charge in [-0.1, -0.05) is 5.92 Å². The minimum atomic E-state index is -1.03. The second kappa shape index (κ2) is 6.85. The third-order valence-electron chi connectivity index (χ3n) is 1.66. The van der Waals surface area contributed by atoms with E-state index < -0.39 is 11.9 Å². The van der Waals surface area contributed by atoms with Gasteiger partial charge in [-0.2, -0.15) is 0 Å². The van der Waals surface area contributed by atoms with Crippen LogP contribution in [0, 0.1) is 11.8 Å². The van der Waals surface area contributed by atoms with Gasteiger partial charge in [0.2, 0.25) is 0 Å². The molecule has 5 heteroatoms. The van der Waals surface area contributed by atoms with Gasteiger partial charge in [-0.05, 0) is 26.9 Å². The maximum absolute atomic E-state index is 11.4. The Bertz CT molecular complexity index is 289. The first-order valence-electron chi connectivity index (χ1n) is 4.55. The zero-order valence-electron chi connectivity index (χ0n) is 9.28. The lowest BCUT2D eigenvalue weighted by Crippen LogP contribution is -2.39. The minimum Gasteiger partial charge on any atom is -0.480 e. The van der Waals surface area contributed by atoms with Gasteiger partial charge in [0.15, 0.2) is 0 Å². The van der Waals surface area contributed by atoms with Gasteiger partial charge in [0.05, 0.1) is 0 Å². The zero-order valence-corrected chi connectivity index (χ0v) is 9.28. The zero-order chi connectivity index (χ0) is 11.8. The summed E-state index contributed by atoms with van der Waals surface area (Å²) in [7, 11) is 3.71. The topological polar surface area (TPSA) is 60.9 Å². The molecule has 0 unspecified atom stereocenters. The third-order valence-corrected chi connectivity index (χ3v) is 1.66. The smallest absolute Gasteiger partial charge is 0.323 e. The van der Waals surface area contributed by atoms with Crippen molar-refractivity contribution < 1.29 is 14.7 Å². The van der Waals surface area contributed by atoms with Crippen molar-refractivity contribution >= 4 is 11.9 Å². The van der Waals surface area contributed by atoms with Crippen molar-refractivity contribution in [3.63, 3.8) is 0 Å². The Balaban J connectivity index is 4.34. The highest BCUT2D eigenvalue weighted by molar-refractivity contribution is 5.95. The van der Waals surface area contributed by atoms with Crippen LogP contribution in [0.4, 0.5) is 0 Å². The number of amides is 1. The summed E-state index contributed by atoms with van der Waals surface area (Å²) in [5.74, 6) is 3.32. The molecule has 84 valence electrons. The number of carbonyl (C=O) groups is 2. The first kappa shape index (κ1) is 13.5. The van der Waals surface area contributed by atoms with Crippen LogP contribution in [-0.2, 0) is 9.59 Å². The summed E-state index contributed by atoms with van der Waals surface area (Å²) in [5, 5.41) is 8.61. The molecule has 0 fully saturated rings. The van der Waals surface area contributed by atoms with Crippen LogP contribution in [0.1, 0.15) is 6.92 Å². The van der Waals surface area contributed by atoms with Crippen molar-refractivity contribution in [1.82, 2.24) is 9.80 Å². The van der Waals surface area contributed by atoms with E-state index in [0.29, 0.717) is 13.1 Å². The van der Waals surface area contributed by atoms with Gasteiger partial charge in [0.1, 0.15) is 6.54 Å². The number of rotatable bonds is 5. The number of carboxylic acid groups (broad SMARTS) is 1. The Hall–Kier alpha value is -1.54. The largest absolute Gasteiger partial charge is 0.480 e. The number of hydrogen-bond donors (Lipinski definition) is 1. The fraction of sp³-hybridized carbons (Fsp3) is 0.600. The van der Waals surface area contributed by atoms with Crippen LogP contribution in [0.2, 0.25) is 0 Å². The van der Waals surface area contributed by atoms with E-state index in [2.05, 4.69) is 11.8 Å². The highest BCUT2D eigenvalue weighted by atomic mass is 16.4. The maximum atomic E-state index is 11.4. The summed E-state index contributed by atoms with van der Waals surface area (Å²) in [6, 6.07) is 0. The molecule has 0 atom stereocenters. The van der Waals surface area contributed by atoms with E-state index in [1.54, 1.807) is 6.92 Å². The molecule has 15 heavy (non-hydrogen) atoms. The van der Waals surface area contributed by atoms with Crippen molar-refractivity contribution in [3.05, 3.63) is 0 Å². The number of aliphatic carboxylic acids is 1. The van der Waals surface area contributed by atoms with Gasteiger partial charge in [0.25, 0.3) is 5.91 Å². The number of carbonyl (C=O) groups excluding carboxylic acids is 1. The van der Waals surface area contributed by atoms with Crippen LogP contribution in [0.25, 0.3) is 0 Å². The van der Waals surface area contributed by atoms with Gasteiger partial charge in [0, 0.05) is 13.1 Å². The van der Waals surface area contributed by atoms with Gasteiger partial charge in [-0.3, -0.25) is 9.59 Å². The number of hydrogen-bond acceptors (Lipinski definition) is 3. The Labute approximate surface area is 89.7 Å². The quantitative estimate of drug-likeness (QED) is 0.623. The molecule has 0 aliphatic carbocycles. The third kappa shape index (κ3) is 6.52. The SMILES string of the molecule is CC#CC(=O)N(CCN(C)C)CC(=O)O. The monoisotopic (exact) mass is 212 g/mol. The lowest BCUT2D eigenvalue weighted by atomic mass is 10.4. The number of carboxylic acids is 1. The van der Waals surface area contributed by atoms with Gasteiger partial charge in [-0.15, -0.1) is 0 Å². The molecule has 0 rings (SSSR count). The standard InChI is InChI=1S/C10H16N2O3/c1-4-5-9(13)12(8-10(14)15)7-6-11(2)3/h6-8H2,1-3H3,(H,14,15). The van der Waals surface area contributed by atoms with E-state index in [4.69, 9.17) is 5.11 Å². The average Bonchev–Trinajstić information content (AvgIpc) is 2.11. The van der Waals surface area contributed by atoms with Crippen molar-refractivity contribution in [1.29, 1.82) is 0 Å². The van der Waals surface area contributed by atoms with E-state index in [1.165, 1.54) is 4.90 Å². The maximum Gasteiger partial charge on any atom is 0.323 e. The molecule has 1 N–H and O–H groups in total. The molecule has 0 aromatic carbocycles. The molecule has 0 heterocycles. The van der Waals surface area contributed by atoms with Crippen LogP contribution in [-0.4, -0.2) is 60.5 Å². The number of likely N-dealkylation sites (N-methyl/N-ethyl adjacent to an activating group) is 1. The van der Waals surface area contributed by atoms with Crippen molar-refractivity contribution in [2.24, 2.45) is 0 Å². The second-order valence-corrected chi connectivity index (χ2v) is 3.30. The first-order valence-corrected chi connectivity index (χ1v) is 4.55. The van der Waals surface area contributed by atoms with Crippen LogP contribution >= 0.6 is 0 Å². The highest BCUT2D eigenvalue weighted by Crippen LogP contribution is 1.90. The summed E-state index contributed by atoms with van der Waals surface area (Å²) < 4.78 is 0. The van der Waals surface area contributed by atoms with Crippen molar-refractivity contribution in [3.8, 4) is 11.8 Å². The normalized spacial score (nSPS) is 9.33. The Morgan fingerprint density at radius 2 is 1.87 bits per heavy atom. The summed E-state index contributed by atoms with van der Waals surface area (Å²) in [4.78, 5) is 25.0. The summed E-state index contributed by atoms with van der Waals surface area (Å²) in [6.07, 6.45) is 0. The molecule has 1 amide bonds. The lowest BCUT2D eigenvalue weighted by Gasteiger charge is -2.20. The molecule has 0 spiro atoms. The predicted octanol–water partition coefficient (Wildman–Crippen LogP) is -0.515. The molecular weight excluding hydrogens is 196 g/mol. The van der Waals surface area contributed by atoms with E-state index in [-0.39, 0.29) is 6.54 Å². The van der Waals surface area contributed by atoms with E-state index in [1.807, 2.05) is 19.0 Å². The Kier molecular flexibility index (Phi) is 6.14. The molecule has 0 aromatic heterocycles. The Morgan fingerprint density at radius 1 is 1.27 bits per heavy atom. The van der Waals surface area contributed by atoms with E-state index >= 15 is 0 Å². The minimum absolute atomic E-state index is 0.304. The highest BCUT2D eigenvalue weighted by Gasteiger charge is 2.14. The fourth-order valence-corrected chi connectivity index (χ4v) is 0.922. The van der Waals surface area contributed by atoms with Crippen LogP contribution in [0.15, 0.2) is 0 Å². The first-order chi connectivity index (χ1) is 6.97. The lowest BCUT2D eigenvalue weighted by molar-refractivity contribution is -0.142. The van der Waals surface area contributed by atoms with Gasteiger partial charge >= 0.3 is 5.97 Å². The molecule has 0 saturated carbocycles. The molecule has 0 bridgehead atoms. The average molecular weight is 212 g/mol. The van der Waals surface area contributed by atoms with E-state index in [9.17, 15) is 9.59 Å². The molecule has 0 saturated heterocycles. The van der Waals surface area contributed by atoms with Crippen molar-refractivity contribution in [2.45, 2.75) is 6.92 Å². The molecule has 0 aliphatic heterocycles. The second-order valence-electron chi connectivity index (χ2n) is 3.30. The molecular formula is C10H16N2O3. The van der Waals surface area contributed by atoms with Crippen LogP contribution in [0.3, 0.4) is 0 Å². The summed E-state index contributed by atoms with van der Waals surface area (Å²) >= 11 is 0. The molecule has 0 radical (unpaired) electrons. The fourth-order valence-electron chi connectivity index (χ4n) is 0.922. The van der Waals surface area contributed by atoms with Gasteiger partial charge in [-0.25, -0.2) is 0 Å². The summed E-state index contributed by atoms with van der Waals surface area (Å²) in [5.41, 5.74) is 0. The van der Waals surface area contributed by atoms with Gasteiger partial charge < -0.3 is 14.9 Å². The van der Waals surface area contributed by atoms with Crippen LogP contribution in [0.5, 0.6) is 0 Å². The number of nitrogens with zero attached hydrogens (tertiary/aromatic N) is 2. The van der Waals surface area contributed by atoms with Crippen molar-refractivity contribution in [2.75, 3.05) is 33.7 Å². The molecule has 0 aromatic rings.